The van der Waals surface area contributed by atoms with Gasteiger partial charge >= 0.3 is 5.97 Å². The largest absolute Gasteiger partial charge is 0.468 e. The summed E-state index contributed by atoms with van der Waals surface area (Å²) >= 11 is 0. The quantitative estimate of drug-likeness (QED) is 0.623. The summed E-state index contributed by atoms with van der Waals surface area (Å²) in [6.07, 6.45) is 2.28. The monoisotopic (exact) mass is 185 g/mol. The molecule has 1 saturated heterocycles. The molecule has 1 unspecified atom stereocenters. The van der Waals surface area contributed by atoms with Crippen molar-refractivity contribution in [2.24, 2.45) is 5.92 Å². The van der Waals surface area contributed by atoms with Crippen molar-refractivity contribution in [3.63, 3.8) is 0 Å². The average molecular weight is 185 g/mol. The summed E-state index contributed by atoms with van der Waals surface area (Å²) in [7, 11) is 1.44. The Morgan fingerprint density at radius 1 is 1.54 bits per heavy atom. The lowest BCUT2D eigenvalue weighted by atomic mass is 10.1. The zero-order valence-corrected chi connectivity index (χ0v) is 7.79. The van der Waals surface area contributed by atoms with E-state index in [1.165, 1.54) is 7.11 Å². The summed E-state index contributed by atoms with van der Waals surface area (Å²) in [5.41, 5.74) is 0. The summed E-state index contributed by atoms with van der Waals surface area (Å²) in [5, 5.41) is 3.27. The lowest BCUT2D eigenvalue weighted by Gasteiger charge is -2.30. The van der Waals surface area contributed by atoms with Crippen LogP contribution in [0.25, 0.3) is 0 Å². The molecular formula is C9H15NO3. The van der Waals surface area contributed by atoms with Gasteiger partial charge in [-0.2, -0.15) is 0 Å². The predicted octanol–water partition coefficient (Wildman–Crippen LogP) is -0.0736. The molecule has 13 heavy (non-hydrogen) atoms. The van der Waals surface area contributed by atoms with Gasteiger partial charge in [0.2, 0.25) is 0 Å². The molecule has 4 nitrogen and oxygen atoms in total. The fourth-order valence-corrected chi connectivity index (χ4v) is 1.54. The third kappa shape index (κ3) is 2.00. The maximum absolute atomic E-state index is 11.3. The molecule has 0 radical (unpaired) electrons. The van der Waals surface area contributed by atoms with Crippen LogP contribution in [0.15, 0.2) is 0 Å². The molecule has 2 aliphatic rings. The molecule has 2 rings (SSSR count). The number of hydrogen-bond acceptors (Lipinski definition) is 4. The highest BCUT2D eigenvalue weighted by Crippen LogP contribution is 2.33. The van der Waals surface area contributed by atoms with Gasteiger partial charge in [-0.1, -0.05) is 0 Å². The van der Waals surface area contributed by atoms with Gasteiger partial charge in [0, 0.05) is 0 Å². The first-order valence-corrected chi connectivity index (χ1v) is 4.73. The number of rotatable bonds is 4. The minimum Gasteiger partial charge on any atom is -0.468 e. The second kappa shape index (κ2) is 3.64. The average Bonchev–Trinajstić information content (AvgIpc) is 2.85. The van der Waals surface area contributed by atoms with Crippen LogP contribution >= 0.6 is 0 Å². The maximum atomic E-state index is 11.3. The van der Waals surface area contributed by atoms with Crippen LogP contribution in [0, 0.1) is 5.92 Å². The molecule has 1 aliphatic carbocycles. The fraction of sp³-hybridized carbons (Fsp3) is 0.889. The van der Waals surface area contributed by atoms with Gasteiger partial charge < -0.3 is 9.47 Å². The van der Waals surface area contributed by atoms with Crippen LogP contribution in [-0.2, 0) is 14.3 Å². The summed E-state index contributed by atoms with van der Waals surface area (Å²) in [5.74, 6) is 0.363. The molecule has 0 aromatic carbocycles. The van der Waals surface area contributed by atoms with Crippen molar-refractivity contribution in [1.29, 1.82) is 0 Å². The van der Waals surface area contributed by atoms with E-state index in [0.717, 1.165) is 26.1 Å². The molecule has 0 bridgehead atoms. The van der Waals surface area contributed by atoms with E-state index in [1.807, 2.05) is 0 Å². The molecule has 0 amide bonds. The van der Waals surface area contributed by atoms with Gasteiger partial charge in [-0.15, -0.1) is 0 Å². The van der Waals surface area contributed by atoms with Gasteiger partial charge in [-0.25, -0.2) is 0 Å². The zero-order chi connectivity index (χ0) is 9.26. The first-order chi connectivity index (χ1) is 6.31. The van der Waals surface area contributed by atoms with E-state index >= 15 is 0 Å². The maximum Gasteiger partial charge on any atom is 0.323 e. The van der Waals surface area contributed by atoms with E-state index < -0.39 is 0 Å². The van der Waals surface area contributed by atoms with Crippen molar-refractivity contribution < 1.29 is 14.3 Å². The Kier molecular flexibility index (Phi) is 2.51. The minimum atomic E-state index is -0.130. The number of carbonyl (C=O) groups excluding carboxylic acids is 1. The highest BCUT2D eigenvalue weighted by molar-refractivity contribution is 5.76. The van der Waals surface area contributed by atoms with E-state index in [4.69, 9.17) is 9.47 Å². The highest BCUT2D eigenvalue weighted by Gasteiger charge is 2.39. The summed E-state index contributed by atoms with van der Waals surface area (Å²) in [6.45, 7) is 1.44. The van der Waals surface area contributed by atoms with Crippen LogP contribution in [0.4, 0.5) is 0 Å². The fourth-order valence-electron chi connectivity index (χ4n) is 1.54. The molecule has 1 aliphatic heterocycles. The predicted molar refractivity (Wildman–Crippen MR) is 46.3 cm³/mol. The lowest BCUT2D eigenvalue weighted by Crippen LogP contribution is -2.53. The molecule has 0 spiro atoms. The Hall–Kier alpha value is -0.610. The van der Waals surface area contributed by atoms with Gasteiger partial charge in [0.25, 0.3) is 0 Å². The second-order valence-corrected chi connectivity index (χ2v) is 3.74. The van der Waals surface area contributed by atoms with E-state index in [-0.39, 0.29) is 12.0 Å². The molecule has 1 saturated carbocycles. The smallest absolute Gasteiger partial charge is 0.323 e. The Labute approximate surface area is 77.6 Å². The molecule has 0 aromatic heterocycles. The van der Waals surface area contributed by atoms with Crippen LogP contribution in [0.3, 0.4) is 0 Å². The van der Waals surface area contributed by atoms with Gasteiger partial charge in [0.05, 0.1) is 26.4 Å². The van der Waals surface area contributed by atoms with Crippen LogP contribution in [0.2, 0.25) is 0 Å². The van der Waals surface area contributed by atoms with Crippen molar-refractivity contribution in [3.8, 4) is 0 Å². The van der Waals surface area contributed by atoms with E-state index in [9.17, 15) is 4.79 Å². The summed E-state index contributed by atoms with van der Waals surface area (Å²) in [6, 6.07) is 0.253. The van der Waals surface area contributed by atoms with E-state index in [2.05, 4.69) is 5.32 Å². The van der Waals surface area contributed by atoms with Gasteiger partial charge in [-0.3, -0.25) is 10.1 Å². The minimum absolute atomic E-state index is 0.0982. The SMILES string of the molecule is COC(=O)C(NC1COC1)C1CC1. The van der Waals surface area contributed by atoms with Crippen molar-refractivity contribution in [3.05, 3.63) is 0 Å². The normalized spacial score (nSPS) is 25.0. The molecule has 1 N–H and O–H groups in total. The van der Waals surface area contributed by atoms with Crippen molar-refractivity contribution >= 4 is 5.97 Å². The van der Waals surface area contributed by atoms with Gasteiger partial charge in [0.1, 0.15) is 6.04 Å². The molecular weight excluding hydrogens is 170 g/mol. The van der Waals surface area contributed by atoms with Crippen LogP contribution in [0.5, 0.6) is 0 Å². The van der Waals surface area contributed by atoms with Crippen molar-refractivity contribution in [1.82, 2.24) is 5.32 Å². The number of ether oxygens (including phenoxy) is 2. The molecule has 2 fully saturated rings. The Morgan fingerprint density at radius 2 is 2.23 bits per heavy atom. The number of carbonyl (C=O) groups is 1. The number of methoxy groups -OCH3 is 1. The van der Waals surface area contributed by atoms with Gasteiger partial charge in [-0.05, 0) is 18.8 Å². The topological polar surface area (TPSA) is 47.6 Å². The standard InChI is InChI=1S/C9H15NO3/c1-12-9(11)8(6-2-3-6)10-7-4-13-5-7/h6-8,10H,2-5H2,1H3. The van der Waals surface area contributed by atoms with Gasteiger partial charge in [0.15, 0.2) is 0 Å². The van der Waals surface area contributed by atoms with Crippen LogP contribution < -0.4 is 5.32 Å². The van der Waals surface area contributed by atoms with E-state index in [0.29, 0.717) is 12.0 Å². The number of hydrogen-bond donors (Lipinski definition) is 1. The highest BCUT2D eigenvalue weighted by atomic mass is 16.5. The molecule has 0 aromatic rings. The summed E-state index contributed by atoms with van der Waals surface area (Å²) in [4.78, 5) is 11.3. The van der Waals surface area contributed by atoms with Crippen molar-refractivity contribution in [2.45, 2.75) is 24.9 Å². The first-order valence-electron chi connectivity index (χ1n) is 4.73. The Morgan fingerprint density at radius 3 is 2.62 bits per heavy atom. The lowest BCUT2D eigenvalue weighted by molar-refractivity contribution is -0.145. The molecule has 74 valence electrons. The Balaban J connectivity index is 1.84. The molecule has 1 heterocycles. The van der Waals surface area contributed by atoms with Crippen molar-refractivity contribution in [2.75, 3.05) is 20.3 Å². The van der Waals surface area contributed by atoms with Crippen LogP contribution in [0.1, 0.15) is 12.8 Å². The zero-order valence-electron chi connectivity index (χ0n) is 7.79. The molecule has 1 atom stereocenters. The number of nitrogens with one attached hydrogen (secondary N) is 1. The summed E-state index contributed by atoms with van der Waals surface area (Å²) < 4.78 is 9.78. The molecule has 4 heteroatoms. The Bertz CT molecular complexity index is 199. The van der Waals surface area contributed by atoms with E-state index in [1.54, 1.807) is 0 Å². The number of esters is 1. The van der Waals surface area contributed by atoms with Crippen LogP contribution in [-0.4, -0.2) is 38.4 Å². The first kappa shape index (κ1) is 8.97. The second-order valence-electron chi connectivity index (χ2n) is 3.74. The third-order valence-electron chi connectivity index (χ3n) is 2.60. The third-order valence-corrected chi connectivity index (χ3v) is 2.60.